The van der Waals surface area contributed by atoms with Crippen LogP contribution in [0.1, 0.15) is 22.7 Å². The molecule has 0 radical (unpaired) electrons. The highest BCUT2D eigenvalue weighted by Gasteiger charge is 2.27. The number of halogens is 3. The van der Waals surface area contributed by atoms with E-state index in [1.807, 2.05) is 32.0 Å². The maximum absolute atomic E-state index is 11.9. The molecule has 1 rings (SSSR count). The number of aryl methyl sites for hydroxylation is 2. The second kappa shape index (κ2) is 5.51. The van der Waals surface area contributed by atoms with Gasteiger partial charge < -0.3 is 10.5 Å². The van der Waals surface area contributed by atoms with Gasteiger partial charge in [0.1, 0.15) is 6.61 Å². The minimum absolute atomic E-state index is 0.135. The van der Waals surface area contributed by atoms with Crippen molar-refractivity contribution in [3.05, 3.63) is 34.9 Å². The van der Waals surface area contributed by atoms with Gasteiger partial charge in [0.05, 0.1) is 12.6 Å². The predicted octanol–water partition coefficient (Wildman–Crippen LogP) is 2.88. The van der Waals surface area contributed by atoms with Gasteiger partial charge in [0.15, 0.2) is 0 Å². The van der Waals surface area contributed by atoms with Crippen LogP contribution in [0.25, 0.3) is 0 Å². The number of hydrogen-bond acceptors (Lipinski definition) is 2. The first-order valence-corrected chi connectivity index (χ1v) is 5.27. The fraction of sp³-hybridized carbons (Fsp3) is 0.500. The van der Waals surface area contributed by atoms with Gasteiger partial charge in [-0.3, -0.25) is 0 Å². The maximum atomic E-state index is 11.9. The fourth-order valence-corrected chi connectivity index (χ4v) is 1.55. The average molecular weight is 247 g/mol. The van der Waals surface area contributed by atoms with Gasteiger partial charge in [0.25, 0.3) is 0 Å². The summed E-state index contributed by atoms with van der Waals surface area (Å²) < 4.78 is 40.2. The van der Waals surface area contributed by atoms with Crippen molar-refractivity contribution in [1.82, 2.24) is 0 Å². The third kappa shape index (κ3) is 4.75. The fourth-order valence-electron chi connectivity index (χ4n) is 1.55. The van der Waals surface area contributed by atoms with Crippen LogP contribution in [0.15, 0.2) is 18.2 Å². The van der Waals surface area contributed by atoms with Crippen molar-refractivity contribution < 1.29 is 17.9 Å². The molecule has 96 valence electrons. The van der Waals surface area contributed by atoms with Crippen molar-refractivity contribution >= 4 is 0 Å². The monoisotopic (exact) mass is 247 g/mol. The molecule has 2 N–H and O–H groups in total. The van der Waals surface area contributed by atoms with E-state index in [0.29, 0.717) is 0 Å². The van der Waals surface area contributed by atoms with E-state index in [1.54, 1.807) is 0 Å². The molecular formula is C12H16F3NO. The van der Waals surface area contributed by atoms with E-state index in [-0.39, 0.29) is 6.61 Å². The van der Waals surface area contributed by atoms with Gasteiger partial charge in [-0.05, 0) is 25.0 Å². The number of nitrogens with two attached hydrogens (primary N) is 1. The Bertz CT molecular complexity index is 377. The Morgan fingerprint density at radius 1 is 1.29 bits per heavy atom. The predicted molar refractivity (Wildman–Crippen MR) is 59.7 cm³/mol. The van der Waals surface area contributed by atoms with Crippen LogP contribution < -0.4 is 5.73 Å². The second-order valence-electron chi connectivity index (χ2n) is 4.10. The molecule has 1 aromatic carbocycles. The molecule has 17 heavy (non-hydrogen) atoms. The lowest BCUT2D eigenvalue weighted by Crippen LogP contribution is -2.23. The molecule has 0 saturated carbocycles. The molecular weight excluding hydrogens is 231 g/mol. The van der Waals surface area contributed by atoms with Gasteiger partial charge in [0, 0.05) is 0 Å². The molecule has 0 aliphatic rings. The van der Waals surface area contributed by atoms with Gasteiger partial charge in [-0.1, -0.05) is 23.8 Å². The molecule has 0 aliphatic carbocycles. The Kier molecular flexibility index (Phi) is 4.54. The summed E-state index contributed by atoms with van der Waals surface area (Å²) in [6.45, 7) is 2.39. The lowest BCUT2D eigenvalue weighted by atomic mass is 10.00. The summed E-state index contributed by atoms with van der Waals surface area (Å²) in [6.07, 6.45) is -4.30. The highest BCUT2D eigenvalue weighted by atomic mass is 19.4. The van der Waals surface area contributed by atoms with Gasteiger partial charge in [-0.15, -0.1) is 0 Å². The van der Waals surface area contributed by atoms with E-state index in [9.17, 15) is 13.2 Å². The first-order chi connectivity index (χ1) is 7.79. The van der Waals surface area contributed by atoms with Crippen LogP contribution in [0, 0.1) is 13.8 Å². The molecule has 1 aromatic rings. The Morgan fingerprint density at radius 2 is 1.94 bits per heavy atom. The summed E-state index contributed by atoms with van der Waals surface area (Å²) >= 11 is 0. The third-order valence-corrected chi connectivity index (χ3v) is 2.40. The molecule has 0 heterocycles. The van der Waals surface area contributed by atoms with Gasteiger partial charge >= 0.3 is 6.18 Å². The van der Waals surface area contributed by atoms with Crippen molar-refractivity contribution in [2.24, 2.45) is 5.73 Å². The number of alkyl halides is 3. The van der Waals surface area contributed by atoms with Crippen molar-refractivity contribution in [1.29, 1.82) is 0 Å². The lowest BCUT2D eigenvalue weighted by molar-refractivity contribution is -0.174. The number of rotatable bonds is 4. The topological polar surface area (TPSA) is 35.2 Å². The molecule has 0 spiro atoms. The highest BCUT2D eigenvalue weighted by molar-refractivity contribution is 5.32. The standard InChI is InChI=1S/C12H16F3NO/c1-8-3-4-9(2)10(5-8)11(16)6-17-7-12(13,14)15/h3-5,11H,6-7,16H2,1-2H3. The van der Waals surface area contributed by atoms with Crippen LogP contribution in [-0.4, -0.2) is 19.4 Å². The molecule has 0 saturated heterocycles. The second-order valence-corrected chi connectivity index (χ2v) is 4.10. The van der Waals surface area contributed by atoms with Gasteiger partial charge in [-0.2, -0.15) is 13.2 Å². The average Bonchev–Trinajstić information content (AvgIpc) is 2.19. The van der Waals surface area contributed by atoms with E-state index in [4.69, 9.17) is 5.73 Å². The summed E-state index contributed by atoms with van der Waals surface area (Å²) in [6, 6.07) is 5.17. The molecule has 0 aliphatic heterocycles. The highest BCUT2D eigenvalue weighted by Crippen LogP contribution is 2.19. The number of benzene rings is 1. The van der Waals surface area contributed by atoms with Crippen LogP contribution in [-0.2, 0) is 4.74 Å². The third-order valence-electron chi connectivity index (χ3n) is 2.40. The minimum Gasteiger partial charge on any atom is -0.370 e. The maximum Gasteiger partial charge on any atom is 0.411 e. The first-order valence-electron chi connectivity index (χ1n) is 5.27. The smallest absolute Gasteiger partial charge is 0.370 e. The van der Waals surface area contributed by atoms with Gasteiger partial charge in [-0.25, -0.2) is 0 Å². The largest absolute Gasteiger partial charge is 0.411 e. The lowest BCUT2D eigenvalue weighted by Gasteiger charge is -2.16. The molecule has 1 unspecified atom stereocenters. The van der Waals surface area contributed by atoms with Crippen LogP contribution in [0.5, 0.6) is 0 Å². The van der Waals surface area contributed by atoms with E-state index in [1.165, 1.54) is 0 Å². The molecule has 5 heteroatoms. The quantitative estimate of drug-likeness (QED) is 0.887. The summed E-state index contributed by atoms with van der Waals surface area (Å²) in [4.78, 5) is 0. The zero-order valence-corrected chi connectivity index (χ0v) is 9.84. The molecule has 0 amide bonds. The Morgan fingerprint density at radius 3 is 2.53 bits per heavy atom. The van der Waals surface area contributed by atoms with Crippen molar-refractivity contribution in [3.63, 3.8) is 0 Å². The van der Waals surface area contributed by atoms with E-state index < -0.39 is 18.8 Å². The van der Waals surface area contributed by atoms with Crippen molar-refractivity contribution in [2.75, 3.05) is 13.2 Å². The van der Waals surface area contributed by atoms with Crippen LogP contribution in [0.4, 0.5) is 13.2 Å². The zero-order valence-electron chi connectivity index (χ0n) is 9.84. The Balaban J connectivity index is 2.58. The summed E-state index contributed by atoms with van der Waals surface area (Å²) in [5.74, 6) is 0. The first kappa shape index (κ1) is 14.0. The summed E-state index contributed by atoms with van der Waals surface area (Å²) in [7, 11) is 0. The SMILES string of the molecule is Cc1ccc(C)c(C(N)COCC(F)(F)F)c1. The number of hydrogen-bond donors (Lipinski definition) is 1. The summed E-state index contributed by atoms with van der Waals surface area (Å²) in [5, 5.41) is 0. The molecule has 0 aromatic heterocycles. The van der Waals surface area contributed by atoms with Crippen LogP contribution in [0.3, 0.4) is 0 Å². The van der Waals surface area contributed by atoms with E-state index in [2.05, 4.69) is 4.74 Å². The zero-order chi connectivity index (χ0) is 13.1. The molecule has 0 fully saturated rings. The van der Waals surface area contributed by atoms with Gasteiger partial charge in [0.2, 0.25) is 0 Å². The minimum atomic E-state index is -4.30. The summed E-state index contributed by atoms with van der Waals surface area (Å²) in [5.41, 5.74) is 8.61. The van der Waals surface area contributed by atoms with Crippen molar-refractivity contribution in [3.8, 4) is 0 Å². The molecule has 2 nitrogen and oxygen atoms in total. The molecule has 0 bridgehead atoms. The van der Waals surface area contributed by atoms with Crippen LogP contribution >= 0.6 is 0 Å². The van der Waals surface area contributed by atoms with E-state index >= 15 is 0 Å². The van der Waals surface area contributed by atoms with E-state index in [0.717, 1.165) is 16.7 Å². The normalized spacial score (nSPS) is 13.8. The van der Waals surface area contributed by atoms with Crippen LogP contribution in [0.2, 0.25) is 0 Å². The molecule has 1 atom stereocenters. The Labute approximate surface area is 98.6 Å². The Hall–Kier alpha value is -1.07. The van der Waals surface area contributed by atoms with Crippen molar-refractivity contribution in [2.45, 2.75) is 26.1 Å². The number of ether oxygens (including phenoxy) is 1.